The Hall–Kier alpha value is -2.29. The second kappa shape index (κ2) is 6.31. The van der Waals surface area contributed by atoms with Crippen LogP contribution in [0.3, 0.4) is 0 Å². The third kappa shape index (κ3) is 2.79. The minimum atomic E-state index is -0.234. The van der Waals surface area contributed by atoms with Gasteiger partial charge < -0.3 is 0 Å². The number of benzene rings is 2. The minimum absolute atomic E-state index is 0.0411. The number of Topliss-reactive ketones (excluding diaryl/α,β-unsaturated/α-hetero) is 1. The van der Waals surface area contributed by atoms with Gasteiger partial charge in [-0.1, -0.05) is 43.5 Å². The van der Waals surface area contributed by atoms with E-state index >= 15 is 0 Å². The van der Waals surface area contributed by atoms with Gasteiger partial charge in [-0.25, -0.2) is 4.39 Å². The predicted molar refractivity (Wildman–Crippen MR) is 93.7 cm³/mol. The Morgan fingerprint density at radius 3 is 2.50 bits per heavy atom. The summed E-state index contributed by atoms with van der Waals surface area (Å²) in [7, 11) is 0. The molecule has 1 aliphatic carbocycles. The van der Waals surface area contributed by atoms with Crippen molar-refractivity contribution in [2.75, 3.05) is 0 Å². The van der Waals surface area contributed by atoms with Crippen LogP contribution in [-0.2, 0) is 0 Å². The molecule has 0 aromatic heterocycles. The van der Waals surface area contributed by atoms with Gasteiger partial charge in [-0.2, -0.15) is 0 Å². The summed E-state index contributed by atoms with van der Waals surface area (Å²) >= 11 is 0. The van der Waals surface area contributed by atoms with Crippen molar-refractivity contribution in [3.05, 3.63) is 65.0 Å². The number of halogens is 1. The van der Waals surface area contributed by atoms with Crippen LogP contribution in [0.15, 0.2) is 47.5 Å². The van der Waals surface area contributed by atoms with Gasteiger partial charge in [0.2, 0.25) is 0 Å². The number of nitrogens with zero attached hydrogens (tertiary/aromatic N) is 1. The predicted octanol–water partition coefficient (Wildman–Crippen LogP) is 5.44. The zero-order valence-electron chi connectivity index (χ0n) is 13.5. The summed E-state index contributed by atoms with van der Waals surface area (Å²) in [4.78, 5) is 17.2. The number of ketones is 1. The summed E-state index contributed by atoms with van der Waals surface area (Å²) in [6.07, 6.45) is 7.47. The lowest BCUT2D eigenvalue weighted by molar-refractivity contribution is 0.0889. The molecule has 3 heteroatoms. The van der Waals surface area contributed by atoms with Crippen molar-refractivity contribution in [3.8, 4) is 0 Å². The zero-order chi connectivity index (χ0) is 16.5. The molecular formula is C21H20FNO. The summed E-state index contributed by atoms with van der Waals surface area (Å²) in [5.41, 5.74) is 3.75. The Morgan fingerprint density at radius 2 is 1.75 bits per heavy atom. The minimum Gasteiger partial charge on any atom is -0.294 e. The quantitative estimate of drug-likeness (QED) is 0.692. The second-order valence-corrected chi connectivity index (χ2v) is 6.78. The molecule has 1 saturated carbocycles. The van der Waals surface area contributed by atoms with Crippen LogP contribution in [-0.4, -0.2) is 12.0 Å². The van der Waals surface area contributed by atoms with Gasteiger partial charge in [0, 0.05) is 23.6 Å². The number of rotatable bonds is 3. The molecule has 1 unspecified atom stereocenters. The Morgan fingerprint density at radius 1 is 1.00 bits per heavy atom. The average Bonchev–Trinajstić information content (AvgIpc) is 3.05. The lowest BCUT2D eigenvalue weighted by Gasteiger charge is -2.20. The fourth-order valence-electron chi connectivity index (χ4n) is 3.84. The Labute approximate surface area is 141 Å². The van der Waals surface area contributed by atoms with Crippen LogP contribution in [0.1, 0.15) is 59.5 Å². The average molecular weight is 321 g/mol. The van der Waals surface area contributed by atoms with Crippen LogP contribution in [0.2, 0.25) is 0 Å². The van der Waals surface area contributed by atoms with E-state index in [1.165, 1.54) is 18.6 Å². The van der Waals surface area contributed by atoms with Crippen molar-refractivity contribution in [3.63, 3.8) is 0 Å². The highest BCUT2D eigenvalue weighted by molar-refractivity contribution is 5.99. The van der Waals surface area contributed by atoms with Gasteiger partial charge in [-0.15, -0.1) is 0 Å². The number of aliphatic imine (C=N–C) groups is 1. The Kier molecular flexibility index (Phi) is 4.01. The smallest absolute Gasteiger partial charge is 0.166 e. The zero-order valence-corrected chi connectivity index (χ0v) is 13.5. The molecule has 1 atom stereocenters. The maximum Gasteiger partial charge on any atom is 0.166 e. The molecule has 0 N–H and O–H groups in total. The number of hydrogen-bond acceptors (Lipinski definition) is 2. The summed E-state index contributed by atoms with van der Waals surface area (Å²) in [5, 5.41) is 0. The molecule has 24 heavy (non-hydrogen) atoms. The Bertz CT molecular complexity index is 788. The van der Waals surface area contributed by atoms with E-state index in [-0.39, 0.29) is 23.4 Å². The van der Waals surface area contributed by atoms with E-state index < -0.39 is 0 Å². The van der Waals surface area contributed by atoms with Crippen LogP contribution in [0.4, 0.5) is 10.1 Å². The van der Waals surface area contributed by atoms with Gasteiger partial charge in [0.15, 0.2) is 5.78 Å². The van der Waals surface area contributed by atoms with Crippen LogP contribution >= 0.6 is 0 Å². The van der Waals surface area contributed by atoms with E-state index in [0.29, 0.717) is 0 Å². The Balaban J connectivity index is 1.59. The largest absolute Gasteiger partial charge is 0.294 e. The standard InChI is InChI=1S/C21H20FNO/c22-17-9-6-14(7-10-17)19-13-23-20-12-16(8-11-18(19)20)21(24)15-4-2-1-3-5-15/h6-13,15,19H,1-5H2. The monoisotopic (exact) mass is 321 g/mol. The fourth-order valence-corrected chi connectivity index (χ4v) is 3.84. The van der Waals surface area contributed by atoms with Crippen LogP contribution in [0.25, 0.3) is 0 Å². The third-order valence-corrected chi connectivity index (χ3v) is 5.22. The molecule has 0 bridgehead atoms. The third-order valence-electron chi connectivity index (χ3n) is 5.22. The molecule has 2 aromatic rings. The van der Waals surface area contributed by atoms with E-state index in [4.69, 9.17) is 0 Å². The molecule has 0 saturated heterocycles. The van der Waals surface area contributed by atoms with Crippen molar-refractivity contribution in [1.82, 2.24) is 0 Å². The van der Waals surface area contributed by atoms with Crippen molar-refractivity contribution < 1.29 is 9.18 Å². The van der Waals surface area contributed by atoms with Gasteiger partial charge in [0.05, 0.1) is 5.69 Å². The van der Waals surface area contributed by atoms with E-state index in [1.807, 2.05) is 24.4 Å². The molecule has 4 rings (SSSR count). The van der Waals surface area contributed by atoms with Gasteiger partial charge in [-0.05, 0) is 42.2 Å². The van der Waals surface area contributed by atoms with Crippen LogP contribution < -0.4 is 0 Å². The molecule has 122 valence electrons. The first-order valence-electron chi connectivity index (χ1n) is 8.70. The maximum atomic E-state index is 13.1. The number of carbonyl (C=O) groups excluding carboxylic acids is 1. The first kappa shape index (κ1) is 15.3. The van der Waals surface area contributed by atoms with E-state index in [2.05, 4.69) is 4.99 Å². The number of hydrogen-bond donors (Lipinski definition) is 0. The normalized spacial score (nSPS) is 20.1. The molecule has 0 spiro atoms. The molecule has 1 fully saturated rings. The highest BCUT2D eigenvalue weighted by Gasteiger charge is 2.25. The van der Waals surface area contributed by atoms with Gasteiger partial charge in [-0.3, -0.25) is 9.79 Å². The molecule has 1 heterocycles. The van der Waals surface area contributed by atoms with E-state index in [9.17, 15) is 9.18 Å². The molecule has 0 amide bonds. The maximum absolute atomic E-state index is 13.1. The first-order chi connectivity index (χ1) is 11.7. The summed E-state index contributed by atoms with van der Waals surface area (Å²) in [5.74, 6) is 0.245. The topological polar surface area (TPSA) is 29.4 Å². The summed E-state index contributed by atoms with van der Waals surface area (Å²) in [6.45, 7) is 0. The highest BCUT2D eigenvalue weighted by Crippen LogP contribution is 2.38. The lowest BCUT2D eigenvalue weighted by atomic mass is 9.83. The molecular weight excluding hydrogens is 301 g/mol. The summed E-state index contributed by atoms with van der Waals surface area (Å²) in [6, 6.07) is 12.4. The van der Waals surface area contributed by atoms with Crippen LogP contribution in [0, 0.1) is 11.7 Å². The van der Waals surface area contributed by atoms with E-state index in [0.717, 1.165) is 48.1 Å². The van der Waals surface area contributed by atoms with Crippen molar-refractivity contribution in [2.24, 2.45) is 10.9 Å². The SMILES string of the molecule is O=C(c1ccc2c(c1)N=CC2c1ccc(F)cc1)C1CCCCC1. The second-order valence-electron chi connectivity index (χ2n) is 6.78. The molecule has 2 aliphatic rings. The number of carbonyl (C=O) groups is 1. The highest BCUT2D eigenvalue weighted by atomic mass is 19.1. The number of fused-ring (bicyclic) bond motifs is 1. The fraction of sp³-hybridized carbons (Fsp3) is 0.333. The van der Waals surface area contributed by atoms with Gasteiger partial charge in [0.1, 0.15) is 5.82 Å². The van der Waals surface area contributed by atoms with Crippen molar-refractivity contribution >= 4 is 17.7 Å². The lowest BCUT2D eigenvalue weighted by Crippen LogP contribution is -2.17. The molecule has 0 radical (unpaired) electrons. The van der Waals surface area contributed by atoms with Crippen molar-refractivity contribution in [1.29, 1.82) is 0 Å². The van der Waals surface area contributed by atoms with Crippen molar-refractivity contribution in [2.45, 2.75) is 38.0 Å². The first-order valence-corrected chi connectivity index (χ1v) is 8.70. The molecule has 2 nitrogen and oxygen atoms in total. The van der Waals surface area contributed by atoms with E-state index in [1.54, 1.807) is 12.1 Å². The van der Waals surface area contributed by atoms with Gasteiger partial charge in [0.25, 0.3) is 0 Å². The molecule has 2 aromatic carbocycles. The van der Waals surface area contributed by atoms with Crippen LogP contribution in [0.5, 0.6) is 0 Å². The van der Waals surface area contributed by atoms with Gasteiger partial charge >= 0.3 is 0 Å². The summed E-state index contributed by atoms with van der Waals surface area (Å²) < 4.78 is 13.1. The molecule has 1 aliphatic heterocycles.